The topological polar surface area (TPSA) is 67.5 Å². The Morgan fingerprint density at radius 1 is 1.15 bits per heavy atom. The number of H-pyrrole nitrogens is 1. The van der Waals surface area contributed by atoms with Gasteiger partial charge in [0.25, 0.3) is 5.56 Å². The molecule has 2 heterocycles. The molecule has 0 atom stereocenters. The van der Waals surface area contributed by atoms with Crippen molar-refractivity contribution < 1.29 is 22.6 Å². The van der Waals surface area contributed by atoms with Crippen molar-refractivity contribution in [2.24, 2.45) is 0 Å². The van der Waals surface area contributed by atoms with E-state index in [1.54, 1.807) is 6.07 Å². The number of aromatic nitrogens is 2. The number of aromatic amines is 1. The highest BCUT2D eigenvalue weighted by molar-refractivity contribution is 6.32. The first-order valence-corrected chi connectivity index (χ1v) is 10.5. The molecule has 0 fully saturated rings. The fraction of sp³-hybridized carbons (Fsp3) is 0.304. The molecule has 10 heteroatoms. The van der Waals surface area contributed by atoms with Gasteiger partial charge in [0.1, 0.15) is 5.82 Å². The quantitative estimate of drug-likeness (QED) is 0.575. The molecule has 0 spiro atoms. The van der Waals surface area contributed by atoms with Gasteiger partial charge in [-0.2, -0.15) is 13.2 Å². The maximum absolute atomic E-state index is 12.8. The molecular weight excluding hydrogens is 459 g/mol. The zero-order valence-corrected chi connectivity index (χ0v) is 18.7. The van der Waals surface area contributed by atoms with E-state index in [0.29, 0.717) is 59.4 Å². The van der Waals surface area contributed by atoms with Crippen LogP contribution in [0.4, 0.5) is 13.2 Å². The molecule has 0 unspecified atom stereocenters. The lowest BCUT2D eigenvalue weighted by Gasteiger charge is -2.28. The highest BCUT2D eigenvalue weighted by Crippen LogP contribution is 2.36. The van der Waals surface area contributed by atoms with Crippen LogP contribution in [0.25, 0.3) is 11.4 Å². The van der Waals surface area contributed by atoms with E-state index in [1.165, 1.54) is 26.4 Å². The van der Waals surface area contributed by atoms with Crippen molar-refractivity contribution in [3.63, 3.8) is 0 Å². The fourth-order valence-electron chi connectivity index (χ4n) is 3.89. The van der Waals surface area contributed by atoms with E-state index < -0.39 is 11.7 Å². The molecule has 4 rings (SSSR count). The summed E-state index contributed by atoms with van der Waals surface area (Å²) in [5.74, 6) is 1.24. The predicted molar refractivity (Wildman–Crippen MR) is 118 cm³/mol. The van der Waals surface area contributed by atoms with Gasteiger partial charge in [-0.25, -0.2) is 4.98 Å². The van der Waals surface area contributed by atoms with Crippen LogP contribution in [-0.4, -0.2) is 35.6 Å². The molecule has 0 bridgehead atoms. The Morgan fingerprint density at radius 3 is 2.52 bits per heavy atom. The highest BCUT2D eigenvalue weighted by atomic mass is 35.5. The monoisotopic (exact) mass is 479 g/mol. The molecule has 0 saturated heterocycles. The largest absolute Gasteiger partial charge is 0.493 e. The highest BCUT2D eigenvalue weighted by Gasteiger charge is 2.30. The van der Waals surface area contributed by atoms with E-state index in [2.05, 4.69) is 14.9 Å². The maximum Gasteiger partial charge on any atom is 0.416 e. The van der Waals surface area contributed by atoms with Gasteiger partial charge < -0.3 is 14.5 Å². The second kappa shape index (κ2) is 9.07. The van der Waals surface area contributed by atoms with Gasteiger partial charge in [0, 0.05) is 31.6 Å². The van der Waals surface area contributed by atoms with Gasteiger partial charge in [0.15, 0.2) is 11.5 Å². The minimum Gasteiger partial charge on any atom is -0.493 e. The fourth-order valence-corrected chi connectivity index (χ4v) is 4.20. The standard InChI is InChI=1S/C23H21ClF3N3O3/c1-32-19-10-13(9-17(24)20(19)33-2)11-30-8-7-18-16(12-30)22(31)29-21(28-18)14-3-5-15(6-4-14)23(25,26)27/h3-6,9-10H,7-8,11-12H2,1-2H3,(H,28,29,31). The summed E-state index contributed by atoms with van der Waals surface area (Å²) in [5, 5.41) is 0.435. The number of nitrogens with one attached hydrogen (secondary N) is 1. The molecule has 1 aliphatic heterocycles. The molecular formula is C23H21ClF3N3O3. The molecule has 0 aliphatic carbocycles. The summed E-state index contributed by atoms with van der Waals surface area (Å²) >= 11 is 6.30. The van der Waals surface area contributed by atoms with Gasteiger partial charge in [-0.1, -0.05) is 23.7 Å². The lowest BCUT2D eigenvalue weighted by atomic mass is 10.0. The molecule has 0 saturated carbocycles. The average Bonchev–Trinajstić information content (AvgIpc) is 2.78. The number of halogens is 4. The number of alkyl halides is 3. The normalized spacial score (nSPS) is 14.1. The molecule has 3 aromatic rings. The van der Waals surface area contributed by atoms with Crippen LogP contribution in [-0.2, 0) is 25.7 Å². The molecule has 174 valence electrons. The zero-order chi connectivity index (χ0) is 23.8. The average molecular weight is 480 g/mol. The summed E-state index contributed by atoms with van der Waals surface area (Å²) in [7, 11) is 3.05. The summed E-state index contributed by atoms with van der Waals surface area (Å²) in [5.41, 5.74) is 1.47. The Morgan fingerprint density at radius 2 is 1.88 bits per heavy atom. The van der Waals surface area contributed by atoms with Crippen LogP contribution < -0.4 is 15.0 Å². The lowest BCUT2D eigenvalue weighted by molar-refractivity contribution is -0.137. The number of methoxy groups -OCH3 is 2. The third kappa shape index (κ3) is 4.84. The SMILES string of the molecule is COc1cc(CN2CCc3nc(-c4ccc(C(F)(F)F)cc4)[nH]c(=O)c3C2)cc(Cl)c1OC. The number of fused-ring (bicyclic) bond motifs is 1. The molecule has 2 aromatic carbocycles. The minimum atomic E-state index is -4.42. The molecule has 33 heavy (non-hydrogen) atoms. The Balaban J connectivity index is 1.55. The Bertz CT molecular complexity index is 1230. The van der Waals surface area contributed by atoms with E-state index in [1.807, 2.05) is 6.07 Å². The van der Waals surface area contributed by atoms with Crippen LogP contribution in [0.1, 0.15) is 22.4 Å². The van der Waals surface area contributed by atoms with Crippen molar-refractivity contribution in [3.05, 3.63) is 74.2 Å². The van der Waals surface area contributed by atoms with Crippen LogP contribution in [0.15, 0.2) is 41.2 Å². The first kappa shape index (κ1) is 23.1. The number of nitrogens with zero attached hydrogens (tertiary/aromatic N) is 2. The van der Waals surface area contributed by atoms with Crippen molar-refractivity contribution >= 4 is 11.6 Å². The van der Waals surface area contributed by atoms with Crippen LogP contribution in [0.3, 0.4) is 0 Å². The van der Waals surface area contributed by atoms with Crippen molar-refractivity contribution in [3.8, 4) is 22.9 Å². The molecule has 1 N–H and O–H groups in total. The molecule has 1 aromatic heterocycles. The number of ether oxygens (including phenoxy) is 2. The molecule has 1 aliphatic rings. The zero-order valence-electron chi connectivity index (χ0n) is 17.9. The summed E-state index contributed by atoms with van der Waals surface area (Å²) in [6.07, 6.45) is -3.88. The van der Waals surface area contributed by atoms with Crippen LogP contribution in [0, 0.1) is 0 Å². The number of rotatable bonds is 5. The van der Waals surface area contributed by atoms with Crippen LogP contribution >= 0.6 is 11.6 Å². The third-order valence-corrected chi connectivity index (χ3v) is 5.81. The first-order chi connectivity index (χ1) is 15.7. The van der Waals surface area contributed by atoms with E-state index in [9.17, 15) is 18.0 Å². The van der Waals surface area contributed by atoms with Crippen molar-refractivity contribution in [1.82, 2.24) is 14.9 Å². The van der Waals surface area contributed by atoms with Crippen LogP contribution in [0.2, 0.25) is 5.02 Å². The summed E-state index contributed by atoms with van der Waals surface area (Å²) in [6, 6.07) is 8.22. The lowest BCUT2D eigenvalue weighted by Crippen LogP contribution is -2.35. The van der Waals surface area contributed by atoms with Gasteiger partial charge in [-0.05, 0) is 29.8 Å². The summed E-state index contributed by atoms with van der Waals surface area (Å²) in [4.78, 5) is 22.1. The Kier molecular flexibility index (Phi) is 6.36. The van der Waals surface area contributed by atoms with E-state index in [4.69, 9.17) is 21.1 Å². The molecule has 0 amide bonds. The number of hydrogen-bond acceptors (Lipinski definition) is 5. The predicted octanol–water partition coefficient (Wildman–Crippen LogP) is 4.68. The van der Waals surface area contributed by atoms with Crippen molar-refractivity contribution in [2.75, 3.05) is 20.8 Å². The van der Waals surface area contributed by atoms with E-state index in [0.717, 1.165) is 17.7 Å². The second-order valence-corrected chi connectivity index (χ2v) is 8.10. The van der Waals surface area contributed by atoms with Gasteiger partial charge in [-0.15, -0.1) is 0 Å². The number of benzene rings is 2. The van der Waals surface area contributed by atoms with Gasteiger partial charge in [-0.3, -0.25) is 9.69 Å². The van der Waals surface area contributed by atoms with Gasteiger partial charge in [0.2, 0.25) is 0 Å². The summed E-state index contributed by atoms with van der Waals surface area (Å²) in [6.45, 7) is 1.58. The molecule has 0 radical (unpaired) electrons. The molecule has 6 nitrogen and oxygen atoms in total. The second-order valence-electron chi connectivity index (χ2n) is 7.69. The first-order valence-electron chi connectivity index (χ1n) is 10.1. The van der Waals surface area contributed by atoms with Crippen LogP contribution in [0.5, 0.6) is 11.5 Å². The van der Waals surface area contributed by atoms with Gasteiger partial charge >= 0.3 is 6.18 Å². The van der Waals surface area contributed by atoms with Crippen molar-refractivity contribution in [2.45, 2.75) is 25.7 Å². The van der Waals surface area contributed by atoms with Gasteiger partial charge in [0.05, 0.1) is 36.1 Å². The van der Waals surface area contributed by atoms with E-state index >= 15 is 0 Å². The Hall–Kier alpha value is -3.04. The Labute approximate surface area is 192 Å². The number of hydrogen-bond donors (Lipinski definition) is 1. The maximum atomic E-state index is 12.8. The summed E-state index contributed by atoms with van der Waals surface area (Å²) < 4.78 is 49.0. The minimum absolute atomic E-state index is 0.257. The van der Waals surface area contributed by atoms with Crippen molar-refractivity contribution in [1.29, 1.82) is 0 Å². The third-order valence-electron chi connectivity index (χ3n) is 5.53. The smallest absolute Gasteiger partial charge is 0.416 e. The van der Waals surface area contributed by atoms with E-state index in [-0.39, 0.29) is 11.4 Å².